The number of benzene rings is 1. The summed E-state index contributed by atoms with van der Waals surface area (Å²) < 4.78 is 16.4. The van der Waals surface area contributed by atoms with E-state index < -0.39 is 0 Å². The fourth-order valence-electron chi connectivity index (χ4n) is 3.98. The first-order chi connectivity index (χ1) is 15.0. The van der Waals surface area contributed by atoms with Crippen molar-refractivity contribution in [3.63, 3.8) is 0 Å². The maximum atomic E-state index is 12.6. The summed E-state index contributed by atoms with van der Waals surface area (Å²) in [5.41, 5.74) is 2.28. The molecule has 2 aliphatic rings. The summed E-state index contributed by atoms with van der Waals surface area (Å²) in [6.45, 7) is 2.65. The lowest BCUT2D eigenvalue weighted by atomic mass is 9.89. The number of carbonyl (C=O) groups excluding carboxylic acids is 2. The fourth-order valence-corrected chi connectivity index (χ4v) is 4.77. The highest BCUT2D eigenvalue weighted by molar-refractivity contribution is 7.09. The first-order valence-corrected chi connectivity index (χ1v) is 11.6. The molecule has 0 saturated heterocycles. The first kappa shape index (κ1) is 21.8. The first-order valence-electron chi connectivity index (χ1n) is 10.7. The number of thiazole rings is 1. The summed E-state index contributed by atoms with van der Waals surface area (Å²) in [5.74, 6) is 0.638. The minimum absolute atomic E-state index is 0.0498. The van der Waals surface area contributed by atoms with Gasteiger partial charge in [0, 0.05) is 24.5 Å². The van der Waals surface area contributed by atoms with Crippen LogP contribution in [0.25, 0.3) is 11.3 Å². The van der Waals surface area contributed by atoms with Gasteiger partial charge in [0.1, 0.15) is 18.4 Å². The average molecular weight is 445 g/mol. The van der Waals surface area contributed by atoms with Crippen LogP contribution in [0.15, 0.2) is 23.6 Å². The van der Waals surface area contributed by atoms with Gasteiger partial charge in [-0.3, -0.25) is 14.5 Å². The number of nitrogens with zero attached hydrogens (tertiary/aromatic N) is 2. The Kier molecular flexibility index (Phi) is 6.87. The summed E-state index contributed by atoms with van der Waals surface area (Å²) in [4.78, 5) is 31.3. The Morgan fingerprint density at radius 2 is 2.10 bits per heavy atom. The minimum Gasteiger partial charge on any atom is -0.482 e. The molecule has 0 spiro atoms. The normalized spacial score (nSPS) is 20.8. The molecule has 1 aromatic heterocycles. The van der Waals surface area contributed by atoms with Crippen LogP contribution in [0.2, 0.25) is 0 Å². The van der Waals surface area contributed by atoms with Crippen molar-refractivity contribution in [3.05, 3.63) is 28.6 Å². The summed E-state index contributed by atoms with van der Waals surface area (Å²) in [7, 11) is 1.67. The number of hydrogen-bond donors (Lipinski definition) is 0. The van der Waals surface area contributed by atoms with Gasteiger partial charge in [-0.25, -0.2) is 4.98 Å². The monoisotopic (exact) mass is 444 g/mol. The van der Waals surface area contributed by atoms with E-state index in [1.165, 1.54) is 4.90 Å². The van der Waals surface area contributed by atoms with Crippen LogP contribution in [-0.2, 0) is 25.5 Å². The lowest BCUT2D eigenvalue weighted by molar-refractivity contribution is -0.150. The summed E-state index contributed by atoms with van der Waals surface area (Å²) in [6.07, 6.45) is 4.62. The molecule has 7 nitrogen and oxygen atoms in total. The third kappa shape index (κ3) is 5.25. The molecule has 0 atom stereocenters. The molecule has 0 unspecified atom stereocenters. The molecule has 4 rings (SSSR count). The fraction of sp³-hybridized carbons (Fsp3) is 0.522. The maximum Gasteiger partial charge on any atom is 0.326 e. The zero-order chi connectivity index (χ0) is 21.8. The quantitative estimate of drug-likeness (QED) is 0.604. The van der Waals surface area contributed by atoms with Crippen LogP contribution < -0.4 is 9.64 Å². The third-order valence-electron chi connectivity index (χ3n) is 5.82. The Morgan fingerprint density at radius 1 is 1.29 bits per heavy atom. The van der Waals surface area contributed by atoms with Crippen LogP contribution in [0.1, 0.15) is 37.6 Å². The highest BCUT2D eigenvalue weighted by Gasteiger charge is 2.30. The Morgan fingerprint density at radius 3 is 2.87 bits per heavy atom. The number of fused-ring (bicyclic) bond motifs is 1. The van der Waals surface area contributed by atoms with Crippen LogP contribution in [0.4, 0.5) is 5.69 Å². The van der Waals surface area contributed by atoms with Gasteiger partial charge in [0.05, 0.1) is 23.0 Å². The van der Waals surface area contributed by atoms with Crippen molar-refractivity contribution in [2.24, 2.45) is 5.92 Å². The van der Waals surface area contributed by atoms with E-state index in [-0.39, 0.29) is 31.1 Å². The molecule has 8 heteroatoms. The van der Waals surface area contributed by atoms with Crippen LogP contribution in [0, 0.1) is 5.92 Å². The molecular weight excluding hydrogens is 416 g/mol. The van der Waals surface area contributed by atoms with Crippen molar-refractivity contribution in [1.29, 1.82) is 0 Å². The second kappa shape index (κ2) is 9.78. The Labute approximate surface area is 186 Å². The maximum absolute atomic E-state index is 12.6. The number of rotatable bonds is 7. The van der Waals surface area contributed by atoms with Gasteiger partial charge in [-0.2, -0.15) is 0 Å². The number of anilines is 1. The topological polar surface area (TPSA) is 78.0 Å². The van der Waals surface area contributed by atoms with Crippen LogP contribution in [-0.4, -0.2) is 49.8 Å². The van der Waals surface area contributed by atoms with Gasteiger partial charge in [0.15, 0.2) is 6.61 Å². The molecule has 1 amide bonds. The molecule has 1 fully saturated rings. The second-order valence-electron chi connectivity index (χ2n) is 8.19. The van der Waals surface area contributed by atoms with Crippen molar-refractivity contribution in [3.8, 4) is 17.0 Å². The zero-order valence-electron chi connectivity index (χ0n) is 18.0. The molecule has 1 aliphatic heterocycles. The molecule has 2 aromatic rings. The van der Waals surface area contributed by atoms with Gasteiger partial charge in [0.25, 0.3) is 5.91 Å². The van der Waals surface area contributed by atoms with E-state index in [1.54, 1.807) is 18.4 Å². The molecule has 0 radical (unpaired) electrons. The summed E-state index contributed by atoms with van der Waals surface area (Å²) in [6, 6.07) is 5.60. The van der Waals surface area contributed by atoms with Crippen molar-refractivity contribution in [1.82, 2.24) is 4.98 Å². The third-order valence-corrected chi connectivity index (χ3v) is 6.73. The molecule has 1 aliphatic carbocycles. The highest BCUT2D eigenvalue weighted by Crippen LogP contribution is 2.36. The van der Waals surface area contributed by atoms with E-state index in [1.807, 2.05) is 23.6 Å². The molecular formula is C23H28N2O5S. The van der Waals surface area contributed by atoms with E-state index in [0.29, 0.717) is 24.0 Å². The number of carbonyl (C=O) groups is 2. The Bertz CT molecular complexity index is 936. The Hall–Kier alpha value is -2.45. The predicted molar refractivity (Wildman–Crippen MR) is 118 cm³/mol. The SMILES string of the molecule is COCCc1nc(-c2ccc3c(c2)N(CC(=O)OC2CCC(C)CC2)C(=O)CO3)cs1. The lowest BCUT2D eigenvalue weighted by Crippen LogP contribution is -2.43. The standard InChI is InChI=1S/C23H28N2O5S/c1-15-3-6-17(7-4-15)30-23(27)12-25-19-11-16(5-8-20(19)29-13-22(25)26)18-14-31-21(24-18)9-10-28-2/h5,8,11,14-15,17H,3-4,6-7,9-10,12-13H2,1-2H3. The number of amides is 1. The number of esters is 1. The van der Waals surface area contributed by atoms with E-state index in [0.717, 1.165) is 48.4 Å². The van der Waals surface area contributed by atoms with E-state index in [9.17, 15) is 9.59 Å². The smallest absolute Gasteiger partial charge is 0.326 e. The van der Waals surface area contributed by atoms with Crippen molar-refractivity contribution in [2.75, 3.05) is 31.8 Å². The van der Waals surface area contributed by atoms with Gasteiger partial charge < -0.3 is 14.2 Å². The van der Waals surface area contributed by atoms with E-state index in [2.05, 4.69) is 11.9 Å². The number of methoxy groups -OCH3 is 1. The van der Waals surface area contributed by atoms with Crippen LogP contribution in [0.5, 0.6) is 5.75 Å². The van der Waals surface area contributed by atoms with Gasteiger partial charge >= 0.3 is 5.97 Å². The van der Waals surface area contributed by atoms with Gasteiger partial charge in [-0.1, -0.05) is 6.92 Å². The van der Waals surface area contributed by atoms with Gasteiger partial charge in [-0.05, 0) is 49.8 Å². The van der Waals surface area contributed by atoms with Gasteiger partial charge in [-0.15, -0.1) is 11.3 Å². The van der Waals surface area contributed by atoms with Crippen molar-refractivity contribution < 1.29 is 23.8 Å². The number of aromatic nitrogens is 1. The summed E-state index contributed by atoms with van der Waals surface area (Å²) in [5, 5.41) is 2.98. The minimum atomic E-state index is -0.373. The number of ether oxygens (including phenoxy) is 3. The molecule has 0 N–H and O–H groups in total. The zero-order valence-corrected chi connectivity index (χ0v) is 18.8. The average Bonchev–Trinajstić information content (AvgIpc) is 3.24. The van der Waals surface area contributed by atoms with E-state index >= 15 is 0 Å². The number of hydrogen-bond acceptors (Lipinski definition) is 7. The Balaban J connectivity index is 1.49. The van der Waals surface area contributed by atoms with Gasteiger partial charge in [0.2, 0.25) is 0 Å². The molecule has 1 saturated carbocycles. The molecule has 166 valence electrons. The lowest BCUT2D eigenvalue weighted by Gasteiger charge is -2.30. The van der Waals surface area contributed by atoms with Crippen LogP contribution in [0.3, 0.4) is 0 Å². The molecule has 0 bridgehead atoms. The molecule has 31 heavy (non-hydrogen) atoms. The van der Waals surface area contributed by atoms with E-state index in [4.69, 9.17) is 14.2 Å². The predicted octanol–water partition coefficient (Wildman–Crippen LogP) is 3.85. The van der Waals surface area contributed by atoms with Crippen LogP contribution >= 0.6 is 11.3 Å². The summed E-state index contributed by atoms with van der Waals surface area (Å²) >= 11 is 1.58. The largest absolute Gasteiger partial charge is 0.482 e. The molecule has 1 aromatic carbocycles. The van der Waals surface area contributed by atoms with Crippen molar-refractivity contribution >= 4 is 28.9 Å². The highest BCUT2D eigenvalue weighted by atomic mass is 32.1. The second-order valence-corrected chi connectivity index (χ2v) is 9.13. The molecule has 2 heterocycles. The van der Waals surface area contributed by atoms with Crippen molar-refractivity contribution in [2.45, 2.75) is 45.1 Å².